The fraction of sp³-hybridized carbons (Fsp3) is 1.00. The van der Waals surface area contributed by atoms with Crippen LogP contribution in [0.2, 0.25) is 0 Å². The maximum absolute atomic E-state index is 2.34. The average Bonchev–Trinajstić information content (AvgIpc) is 3.06. The molecule has 0 aromatic rings. The van der Waals surface area contributed by atoms with Crippen LogP contribution in [-0.4, -0.2) is 61.3 Å². The lowest BCUT2D eigenvalue weighted by atomic mass is 10.1. The molecule has 0 heterocycles. The third-order valence-corrected chi connectivity index (χ3v) is 10.9. The summed E-state index contributed by atoms with van der Waals surface area (Å²) in [5.74, 6) is 0. The first-order valence-electron chi connectivity index (χ1n) is 22.2. The van der Waals surface area contributed by atoms with E-state index in [1.54, 1.807) is 0 Å². The van der Waals surface area contributed by atoms with E-state index in [0.717, 1.165) is 0 Å². The summed E-state index contributed by atoms with van der Waals surface area (Å²) < 4.78 is 2.90. The Morgan fingerprint density at radius 3 is 0.458 bits per heavy atom. The van der Waals surface area contributed by atoms with Crippen molar-refractivity contribution in [2.45, 2.75) is 235 Å². The van der Waals surface area contributed by atoms with Crippen molar-refractivity contribution in [3.63, 3.8) is 0 Å². The summed E-state index contributed by atoms with van der Waals surface area (Å²) in [4.78, 5) is 0. The van der Waals surface area contributed by atoms with Crippen molar-refractivity contribution in [1.82, 2.24) is 0 Å². The van der Waals surface area contributed by atoms with Gasteiger partial charge in [-0.2, -0.15) is 0 Å². The molecule has 0 rings (SSSR count). The van der Waals surface area contributed by atoms with Crippen LogP contribution in [0.15, 0.2) is 0 Å². The minimum absolute atomic E-state index is 0. The van der Waals surface area contributed by atoms with E-state index in [1.807, 2.05) is 0 Å². The molecule has 296 valence electrons. The molecule has 2 nitrogen and oxygen atoms in total. The molecule has 48 heavy (non-hydrogen) atoms. The maximum atomic E-state index is 2.34. The van der Waals surface area contributed by atoms with E-state index >= 15 is 0 Å². The van der Waals surface area contributed by atoms with E-state index in [2.05, 4.69) is 55.4 Å². The van der Waals surface area contributed by atoms with Crippen LogP contribution in [0, 0.1) is 0 Å². The Balaban J connectivity index is -0.000000393. The van der Waals surface area contributed by atoms with Crippen molar-refractivity contribution in [2.24, 2.45) is 0 Å². The predicted molar refractivity (Wildman–Crippen MR) is 214 cm³/mol. The minimum atomic E-state index is 0. The van der Waals surface area contributed by atoms with Crippen molar-refractivity contribution in [2.75, 3.05) is 52.4 Å². The Morgan fingerprint density at radius 2 is 0.312 bits per heavy atom. The highest BCUT2D eigenvalue weighted by molar-refractivity contribution is 4.54. The SMILES string of the molecule is CCCCCC[N+](CCCCCC)(CCCCCC)CCCCCC.CCCCC[N+](CCCCC)(CCCCC)CCCCC.[Br-].[Br-]. The molecule has 4 heteroatoms. The molecule has 0 aliphatic heterocycles. The van der Waals surface area contributed by atoms with Crippen molar-refractivity contribution in [1.29, 1.82) is 0 Å². The quantitative estimate of drug-likeness (QED) is 0.0439. The summed E-state index contributed by atoms with van der Waals surface area (Å²) >= 11 is 0. The van der Waals surface area contributed by atoms with Gasteiger partial charge in [0.2, 0.25) is 0 Å². The molecule has 0 radical (unpaired) electrons. The maximum Gasteiger partial charge on any atom is 0.0786 e. The lowest BCUT2D eigenvalue weighted by Gasteiger charge is -2.39. The smallest absolute Gasteiger partial charge is 0.0786 e. The summed E-state index contributed by atoms with van der Waals surface area (Å²) in [5, 5.41) is 0. The van der Waals surface area contributed by atoms with Gasteiger partial charge in [0, 0.05) is 0 Å². The molecule has 0 atom stereocenters. The van der Waals surface area contributed by atoms with E-state index < -0.39 is 0 Å². The topological polar surface area (TPSA) is 0 Å². The largest absolute Gasteiger partial charge is 1.00 e. The molecular weight excluding hydrogens is 716 g/mol. The van der Waals surface area contributed by atoms with Gasteiger partial charge in [0.15, 0.2) is 0 Å². The number of quaternary nitrogens is 2. The molecule has 0 fully saturated rings. The molecule has 0 aromatic carbocycles. The number of halogens is 2. The Kier molecular flexibility index (Phi) is 51.0. The van der Waals surface area contributed by atoms with Crippen LogP contribution in [0.3, 0.4) is 0 Å². The molecule has 0 bridgehead atoms. The van der Waals surface area contributed by atoms with Crippen LogP contribution in [0.1, 0.15) is 235 Å². The van der Waals surface area contributed by atoms with Crippen molar-refractivity contribution >= 4 is 0 Å². The third-order valence-electron chi connectivity index (χ3n) is 10.9. The van der Waals surface area contributed by atoms with Gasteiger partial charge in [-0.25, -0.2) is 0 Å². The van der Waals surface area contributed by atoms with Crippen LogP contribution in [0.4, 0.5) is 0 Å². The molecule has 0 spiro atoms. The second kappa shape index (κ2) is 44.0. The zero-order valence-corrected chi connectivity index (χ0v) is 38.3. The van der Waals surface area contributed by atoms with E-state index in [9.17, 15) is 0 Å². The van der Waals surface area contributed by atoms with E-state index in [4.69, 9.17) is 0 Å². The Hall–Kier alpha value is 0.880. The molecule has 0 amide bonds. The third kappa shape index (κ3) is 35.3. The molecule has 0 aliphatic rings. The number of rotatable bonds is 36. The predicted octanol–water partition coefficient (Wildman–Crippen LogP) is 8.70. The van der Waals surface area contributed by atoms with Crippen molar-refractivity contribution in [3.05, 3.63) is 0 Å². The Bertz CT molecular complexity index is 457. The van der Waals surface area contributed by atoms with E-state index in [1.165, 1.54) is 241 Å². The number of unbranched alkanes of at least 4 members (excludes halogenated alkanes) is 20. The van der Waals surface area contributed by atoms with Gasteiger partial charge >= 0.3 is 0 Å². The summed E-state index contributed by atoms with van der Waals surface area (Å²) in [5.41, 5.74) is 0. The lowest BCUT2D eigenvalue weighted by Crippen LogP contribution is -3.00. The second-order valence-corrected chi connectivity index (χ2v) is 15.5. The van der Waals surface area contributed by atoms with Gasteiger partial charge in [0.1, 0.15) is 0 Å². The number of hydrogen-bond donors (Lipinski definition) is 0. The molecule has 0 saturated carbocycles. The Labute approximate surface area is 328 Å². The monoisotopic (exact) mass is 811 g/mol. The van der Waals surface area contributed by atoms with E-state index in [0.29, 0.717) is 0 Å². The van der Waals surface area contributed by atoms with Crippen molar-refractivity contribution < 1.29 is 42.9 Å². The first-order valence-corrected chi connectivity index (χ1v) is 22.2. The highest BCUT2D eigenvalue weighted by Gasteiger charge is 2.26. The summed E-state index contributed by atoms with van der Waals surface area (Å²) in [7, 11) is 0. The molecule has 0 unspecified atom stereocenters. The highest BCUT2D eigenvalue weighted by atomic mass is 79.9. The van der Waals surface area contributed by atoms with Crippen LogP contribution in [-0.2, 0) is 0 Å². The fourth-order valence-corrected chi connectivity index (χ4v) is 7.63. The van der Waals surface area contributed by atoms with E-state index in [-0.39, 0.29) is 34.0 Å². The highest BCUT2D eigenvalue weighted by Crippen LogP contribution is 2.20. The molecular formula is C44H96Br2N2. The van der Waals surface area contributed by atoms with Gasteiger partial charge in [-0.1, -0.05) is 132 Å². The number of nitrogens with zero attached hydrogens (tertiary/aromatic N) is 2. The summed E-state index contributed by atoms with van der Waals surface area (Å²) in [6, 6.07) is 0. The first kappa shape index (κ1) is 55.6. The van der Waals surface area contributed by atoms with Gasteiger partial charge in [-0.05, 0) is 103 Å². The lowest BCUT2D eigenvalue weighted by molar-refractivity contribution is -0.929. The Morgan fingerprint density at radius 1 is 0.188 bits per heavy atom. The molecule has 0 aromatic heterocycles. The molecule has 0 saturated heterocycles. The average molecular weight is 813 g/mol. The van der Waals surface area contributed by atoms with Crippen LogP contribution in [0.5, 0.6) is 0 Å². The normalized spacial score (nSPS) is 11.5. The van der Waals surface area contributed by atoms with Crippen LogP contribution < -0.4 is 34.0 Å². The van der Waals surface area contributed by atoms with Gasteiger partial charge in [-0.15, -0.1) is 0 Å². The molecule has 0 N–H and O–H groups in total. The second-order valence-electron chi connectivity index (χ2n) is 15.5. The van der Waals surface area contributed by atoms with Gasteiger partial charge in [-0.3, -0.25) is 0 Å². The number of hydrogen-bond acceptors (Lipinski definition) is 0. The van der Waals surface area contributed by atoms with Gasteiger partial charge in [0.05, 0.1) is 52.4 Å². The standard InChI is InChI=1S/C24H52N.C20H44N.2BrH/c1-5-9-13-17-21-25(22-18-14-10-6-2,23-19-15-11-7-3)24-20-16-12-8-4;1-5-9-13-17-21(18-14-10-6-2,19-15-11-7-3)20-16-12-8-4;;/h5-24H2,1-4H3;5-20H2,1-4H3;2*1H/q2*+1;;/p-2. The summed E-state index contributed by atoms with van der Waals surface area (Å²) in [6.07, 6.45) is 39.8. The van der Waals surface area contributed by atoms with Crippen LogP contribution in [0.25, 0.3) is 0 Å². The van der Waals surface area contributed by atoms with Crippen LogP contribution >= 0.6 is 0 Å². The van der Waals surface area contributed by atoms with Gasteiger partial charge < -0.3 is 42.9 Å². The molecule has 0 aliphatic carbocycles. The first-order chi connectivity index (χ1) is 22.5. The van der Waals surface area contributed by atoms with Crippen molar-refractivity contribution in [3.8, 4) is 0 Å². The zero-order valence-electron chi connectivity index (χ0n) is 35.1. The summed E-state index contributed by atoms with van der Waals surface area (Å²) in [6.45, 7) is 30.3. The van der Waals surface area contributed by atoms with Gasteiger partial charge in [0.25, 0.3) is 0 Å². The fourth-order valence-electron chi connectivity index (χ4n) is 7.63. The minimum Gasteiger partial charge on any atom is -1.00 e. The zero-order chi connectivity index (χ0) is 34.5.